The van der Waals surface area contributed by atoms with E-state index in [0.717, 1.165) is 27.0 Å². The molecule has 1 aliphatic rings. The molecule has 0 radical (unpaired) electrons. The molecule has 0 aliphatic carbocycles. The third-order valence-corrected chi connectivity index (χ3v) is 7.60. The number of benzene rings is 3. The average molecular weight is 484 g/mol. The fourth-order valence-electron chi connectivity index (χ4n) is 4.61. The molecule has 3 aromatic carbocycles. The van der Waals surface area contributed by atoms with Gasteiger partial charge in [-0.15, -0.1) is 0 Å². The second-order valence-electron chi connectivity index (χ2n) is 9.50. The zero-order valence-corrected chi connectivity index (χ0v) is 21.1. The van der Waals surface area contributed by atoms with Gasteiger partial charge in [-0.2, -0.15) is 0 Å². The van der Waals surface area contributed by atoms with Gasteiger partial charge in [-0.1, -0.05) is 85.3 Å². The summed E-state index contributed by atoms with van der Waals surface area (Å²) in [6, 6.07) is 24.1. The standard InChI is InChI=1S/C29H29N3O2S/c1-19(2)24-10-7-11-25-27(24)30-29(35-25)32(17-21-8-5-4-6-9-21)28(34)22-16-26(33)31(18-22)23-14-12-20(3)13-15-23/h4-15,19,22H,16-18H2,1-3H3/t22-/m0/s1. The van der Waals surface area contributed by atoms with Gasteiger partial charge in [0.1, 0.15) is 0 Å². The number of hydrogen-bond acceptors (Lipinski definition) is 4. The molecule has 178 valence electrons. The minimum atomic E-state index is -0.413. The molecule has 6 heteroatoms. The Hall–Kier alpha value is -3.51. The topological polar surface area (TPSA) is 53.5 Å². The highest BCUT2D eigenvalue weighted by Crippen LogP contribution is 2.36. The maximum Gasteiger partial charge on any atom is 0.234 e. The van der Waals surface area contributed by atoms with Crippen LogP contribution in [0.15, 0.2) is 72.8 Å². The van der Waals surface area contributed by atoms with E-state index in [-0.39, 0.29) is 18.2 Å². The lowest BCUT2D eigenvalue weighted by atomic mass is 10.0. The van der Waals surface area contributed by atoms with E-state index < -0.39 is 5.92 Å². The van der Waals surface area contributed by atoms with Crippen molar-refractivity contribution in [1.29, 1.82) is 0 Å². The van der Waals surface area contributed by atoms with E-state index in [0.29, 0.717) is 24.1 Å². The van der Waals surface area contributed by atoms with Crippen molar-refractivity contribution in [3.05, 3.63) is 89.5 Å². The number of aromatic nitrogens is 1. The molecule has 1 aliphatic heterocycles. The Bertz CT molecular complexity index is 1360. The Morgan fingerprint density at radius 2 is 1.80 bits per heavy atom. The molecule has 0 N–H and O–H groups in total. The minimum absolute atomic E-state index is 0.0155. The van der Waals surface area contributed by atoms with Crippen LogP contribution in [0.3, 0.4) is 0 Å². The van der Waals surface area contributed by atoms with Gasteiger partial charge in [0.15, 0.2) is 5.13 Å². The summed E-state index contributed by atoms with van der Waals surface area (Å²) >= 11 is 1.54. The maximum atomic E-state index is 13.9. The number of hydrogen-bond donors (Lipinski definition) is 0. The number of para-hydroxylation sites is 1. The smallest absolute Gasteiger partial charge is 0.234 e. The third-order valence-electron chi connectivity index (χ3n) is 6.56. The van der Waals surface area contributed by atoms with E-state index in [4.69, 9.17) is 4.98 Å². The van der Waals surface area contributed by atoms with Gasteiger partial charge in [-0.25, -0.2) is 4.98 Å². The number of aryl methyl sites for hydroxylation is 1. The van der Waals surface area contributed by atoms with Crippen molar-refractivity contribution in [3.63, 3.8) is 0 Å². The van der Waals surface area contributed by atoms with Crippen molar-refractivity contribution in [2.45, 2.75) is 39.7 Å². The van der Waals surface area contributed by atoms with Crippen LogP contribution in [-0.4, -0.2) is 23.3 Å². The number of thiazole rings is 1. The van der Waals surface area contributed by atoms with Gasteiger partial charge in [0.25, 0.3) is 0 Å². The number of carbonyl (C=O) groups is 2. The predicted molar refractivity (Wildman–Crippen MR) is 143 cm³/mol. The lowest BCUT2D eigenvalue weighted by Gasteiger charge is -2.23. The molecule has 2 amide bonds. The van der Waals surface area contributed by atoms with E-state index in [1.165, 1.54) is 16.9 Å². The molecule has 0 spiro atoms. The van der Waals surface area contributed by atoms with Crippen molar-refractivity contribution < 1.29 is 9.59 Å². The zero-order valence-electron chi connectivity index (χ0n) is 20.3. The van der Waals surface area contributed by atoms with Crippen LogP contribution < -0.4 is 9.80 Å². The summed E-state index contributed by atoms with van der Waals surface area (Å²) in [5.74, 6) is -0.147. The summed E-state index contributed by atoms with van der Waals surface area (Å²) in [6.07, 6.45) is 0.208. The predicted octanol–water partition coefficient (Wildman–Crippen LogP) is 6.31. The van der Waals surface area contributed by atoms with Crippen LogP contribution in [0.5, 0.6) is 0 Å². The lowest BCUT2D eigenvalue weighted by Crippen LogP contribution is -2.37. The molecule has 1 saturated heterocycles. The summed E-state index contributed by atoms with van der Waals surface area (Å²) in [6.45, 7) is 7.14. The molecule has 4 aromatic rings. The lowest BCUT2D eigenvalue weighted by molar-refractivity contribution is -0.124. The molecule has 1 atom stereocenters. The van der Waals surface area contributed by atoms with Crippen molar-refractivity contribution in [2.75, 3.05) is 16.3 Å². The van der Waals surface area contributed by atoms with Crippen LogP contribution >= 0.6 is 11.3 Å². The normalized spacial score (nSPS) is 15.8. The molecule has 2 heterocycles. The molecule has 1 fully saturated rings. The first-order chi connectivity index (χ1) is 16.9. The van der Waals surface area contributed by atoms with Crippen LogP contribution in [-0.2, 0) is 16.1 Å². The molecular weight excluding hydrogens is 454 g/mol. The molecule has 0 bridgehead atoms. The van der Waals surface area contributed by atoms with Gasteiger partial charge in [0, 0.05) is 18.7 Å². The Kier molecular flexibility index (Phi) is 6.39. The summed E-state index contributed by atoms with van der Waals surface area (Å²) < 4.78 is 1.07. The van der Waals surface area contributed by atoms with Crippen LogP contribution in [0.2, 0.25) is 0 Å². The fraction of sp³-hybridized carbons (Fsp3) is 0.276. The van der Waals surface area contributed by atoms with Gasteiger partial charge >= 0.3 is 0 Å². The molecular formula is C29H29N3O2S. The van der Waals surface area contributed by atoms with Crippen LogP contribution in [0, 0.1) is 12.8 Å². The van der Waals surface area contributed by atoms with Gasteiger partial charge in [-0.3, -0.25) is 14.5 Å². The first kappa shape index (κ1) is 23.2. The van der Waals surface area contributed by atoms with Gasteiger partial charge in [-0.05, 0) is 42.2 Å². The van der Waals surface area contributed by atoms with Crippen molar-refractivity contribution in [3.8, 4) is 0 Å². The average Bonchev–Trinajstić information content (AvgIpc) is 3.46. The second-order valence-corrected chi connectivity index (χ2v) is 10.5. The van der Waals surface area contributed by atoms with Gasteiger partial charge in [0.05, 0.1) is 22.7 Å². The summed E-state index contributed by atoms with van der Waals surface area (Å²) in [4.78, 5) is 35.3. The van der Waals surface area contributed by atoms with Crippen molar-refractivity contribution in [1.82, 2.24) is 4.98 Å². The molecule has 0 unspecified atom stereocenters. The summed E-state index contributed by atoms with van der Waals surface area (Å²) in [5.41, 5.74) is 5.14. The molecule has 5 rings (SSSR count). The first-order valence-corrected chi connectivity index (χ1v) is 12.8. The van der Waals surface area contributed by atoms with E-state index in [9.17, 15) is 9.59 Å². The molecule has 0 saturated carbocycles. The monoisotopic (exact) mass is 483 g/mol. The first-order valence-electron chi connectivity index (χ1n) is 12.0. The largest absolute Gasteiger partial charge is 0.312 e. The number of amides is 2. The maximum absolute atomic E-state index is 13.9. The van der Waals surface area contributed by atoms with Crippen molar-refractivity contribution in [2.24, 2.45) is 5.92 Å². The zero-order chi connectivity index (χ0) is 24.5. The molecule has 5 nitrogen and oxygen atoms in total. The van der Waals surface area contributed by atoms with Crippen LogP contribution in [0.4, 0.5) is 10.8 Å². The van der Waals surface area contributed by atoms with Crippen LogP contribution in [0.1, 0.15) is 42.9 Å². The number of fused-ring (bicyclic) bond motifs is 1. The van der Waals surface area contributed by atoms with E-state index >= 15 is 0 Å². The Morgan fingerprint density at radius 1 is 1.06 bits per heavy atom. The quantitative estimate of drug-likeness (QED) is 0.323. The van der Waals surface area contributed by atoms with E-state index in [2.05, 4.69) is 32.0 Å². The SMILES string of the molecule is Cc1ccc(N2C[C@@H](C(=O)N(Cc3ccccc3)c3nc4c(C(C)C)cccc4s3)CC2=O)cc1. The minimum Gasteiger partial charge on any atom is -0.312 e. The highest BCUT2D eigenvalue weighted by molar-refractivity contribution is 7.22. The second kappa shape index (κ2) is 9.62. The molecule has 35 heavy (non-hydrogen) atoms. The van der Waals surface area contributed by atoms with Gasteiger partial charge < -0.3 is 4.90 Å². The summed E-state index contributed by atoms with van der Waals surface area (Å²) in [5, 5.41) is 0.684. The Balaban J connectivity index is 1.48. The number of anilines is 2. The van der Waals surface area contributed by atoms with E-state index in [1.807, 2.05) is 61.5 Å². The Labute approximate surface area is 210 Å². The number of carbonyl (C=O) groups excluding carboxylic acids is 2. The highest BCUT2D eigenvalue weighted by atomic mass is 32.1. The number of rotatable bonds is 6. The van der Waals surface area contributed by atoms with Crippen molar-refractivity contribution >= 4 is 44.2 Å². The highest BCUT2D eigenvalue weighted by Gasteiger charge is 2.38. The van der Waals surface area contributed by atoms with Gasteiger partial charge in [0.2, 0.25) is 11.8 Å². The molecule has 1 aromatic heterocycles. The third kappa shape index (κ3) is 4.71. The summed E-state index contributed by atoms with van der Waals surface area (Å²) in [7, 11) is 0. The van der Waals surface area contributed by atoms with E-state index in [1.54, 1.807) is 9.80 Å². The van der Waals surface area contributed by atoms with Crippen LogP contribution in [0.25, 0.3) is 10.2 Å². The Morgan fingerprint density at radius 3 is 2.51 bits per heavy atom. The fourth-order valence-corrected chi connectivity index (χ4v) is 5.62. The number of nitrogens with zero attached hydrogens (tertiary/aromatic N) is 3.